The second kappa shape index (κ2) is 7.26. The fourth-order valence-electron chi connectivity index (χ4n) is 3.51. The largest absolute Gasteiger partial charge is 0.416 e. The fourth-order valence-corrected chi connectivity index (χ4v) is 3.51. The van der Waals surface area contributed by atoms with Gasteiger partial charge in [-0.3, -0.25) is 9.59 Å². The summed E-state index contributed by atoms with van der Waals surface area (Å²) >= 11 is 0. The molecule has 5 nitrogen and oxygen atoms in total. The lowest BCUT2D eigenvalue weighted by molar-refractivity contribution is -0.137. The zero-order valence-corrected chi connectivity index (χ0v) is 14.5. The Morgan fingerprint density at radius 1 is 1.31 bits per heavy atom. The molecule has 8 heteroatoms. The van der Waals surface area contributed by atoms with Crippen LogP contribution in [0.1, 0.15) is 48.5 Å². The average molecular weight is 369 g/mol. The number of hydrogen-bond acceptors (Lipinski definition) is 3. The minimum Gasteiger partial charge on any atom is -0.349 e. The lowest BCUT2D eigenvalue weighted by Gasteiger charge is -2.29. The molecule has 0 spiro atoms. The van der Waals surface area contributed by atoms with E-state index < -0.39 is 17.6 Å². The number of nitrogens with zero attached hydrogens (tertiary/aromatic N) is 1. The van der Waals surface area contributed by atoms with Crippen molar-refractivity contribution in [2.45, 2.75) is 50.9 Å². The highest BCUT2D eigenvalue weighted by molar-refractivity contribution is 5.99. The molecule has 2 heterocycles. The van der Waals surface area contributed by atoms with Crippen LogP contribution in [0.4, 0.5) is 18.9 Å². The number of carbonyl (C=O) groups is 2. The van der Waals surface area contributed by atoms with Gasteiger partial charge in [0.15, 0.2) is 0 Å². The highest BCUT2D eigenvalue weighted by Gasteiger charge is 2.34. The van der Waals surface area contributed by atoms with Gasteiger partial charge in [-0.15, -0.1) is 0 Å². The third kappa shape index (κ3) is 4.17. The maximum Gasteiger partial charge on any atom is 0.416 e. The number of benzene rings is 1. The quantitative estimate of drug-likeness (QED) is 0.861. The Labute approximate surface area is 149 Å². The third-order valence-corrected chi connectivity index (χ3v) is 4.85. The zero-order chi connectivity index (χ0) is 18.9. The Morgan fingerprint density at radius 3 is 2.69 bits per heavy atom. The van der Waals surface area contributed by atoms with Gasteiger partial charge in [0.25, 0.3) is 5.91 Å². The van der Waals surface area contributed by atoms with Crippen molar-refractivity contribution in [3.05, 3.63) is 29.3 Å². The highest BCUT2D eigenvalue weighted by atomic mass is 19.4. The molecule has 2 N–H and O–H groups in total. The lowest BCUT2D eigenvalue weighted by atomic mass is 10.00. The molecular weight excluding hydrogens is 347 g/mol. The van der Waals surface area contributed by atoms with E-state index in [1.54, 1.807) is 0 Å². The van der Waals surface area contributed by atoms with Gasteiger partial charge in [-0.05, 0) is 50.9 Å². The van der Waals surface area contributed by atoms with Gasteiger partial charge >= 0.3 is 6.18 Å². The summed E-state index contributed by atoms with van der Waals surface area (Å²) in [6, 6.07) is 3.33. The van der Waals surface area contributed by atoms with Crippen molar-refractivity contribution in [1.82, 2.24) is 10.6 Å². The first-order valence-corrected chi connectivity index (χ1v) is 8.81. The fraction of sp³-hybridized carbons (Fsp3) is 0.556. The van der Waals surface area contributed by atoms with E-state index in [0.717, 1.165) is 31.5 Å². The number of alkyl halides is 3. The Kier molecular flexibility index (Phi) is 5.22. The highest BCUT2D eigenvalue weighted by Crippen LogP contribution is 2.34. The van der Waals surface area contributed by atoms with E-state index in [4.69, 9.17) is 0 Å². The van der Waals surface area contributed by atoms with E-state index in [1.807, 2.05) is 6.92 Å². The molecule has 2 aliphatic rings. The molecule has 0 radical (unpaired) electrons. The number of carbonyl (C=O) groups excluding carboxylic acids is 2. The van der Waals surface area contributed by atoms with Gasteiger partial charge in [-0.1, -0.05) is 0 Å². The molecule has 2 atom stereocenters. The lowest BCUT2D eigenvalue weighted by Crippen LogP contribution is -2.46. The van der Waals surface area contributed by atoms with Crippen LogP contribution in [0, 0.1) is 0 Å². The number of rotatable bonds is 3. The Morgan fingerprint density at radius 2 is 2.08 bits per heavy atom. The van der Waals surface area contributed by atoms with Crippen LogP contribution >= 0.6 is 0 Å². The second-order valence-electron chi connectivity index (χ2n) is 6.97. The van der Waals surface area contributed by atoms with Crippen molar-refractivity contribution >= 4 is 17.5 Å². The van der Waals surface area contributed by atoms with Gasteiger partial charge in [0.05, 0.1) is 5.56 Å². The van der Waals surface area contributed by atoms with Crippen molar-refractivity contribution in [2.24, 2.45) is 0 Å². The summed E-state index contributed by atoms with van der Waals surface area (Å²) in [5, 5.41) is 6.08. The third-order valence-electron chi connectivity index (χ3n) is 4.85. The van der Waals surface area contributed by atoms with Gasteiger partial charge in [0, 0.05) is 36.3 Å². The summed E-state index contributed by atoms with van der Waals surface area (Å²) in [4.78, 5) is 25.8. The molecule has 1 aromatic carbocycles. The first-order valence-electron chi connectivity index (χ1n) is 8.81. The molecule has 0 aromatic heterocycles. The van der Waals surface area contributed by atoms with Crippen molar-refractivity contribution in [1.29, 1.82) is 0 Å². The number of amides is 2. The van der Waals surface area contributed by atoms with E-state index >= 15 is 0 Å². The monoisotopic (exact) mass is 369 g/mol. The van der Waals surface area contributed by atoms with Crippen LogP contribution in [0.25, 0.3) is 0 Å². The van der Waals surface area contributed by atoms with Gasteiger partial charge in [-0.25, -0.2) is 0 Å². The summed E-state index contributed by atoms with van der Waals surface area (Å²) in [7, 11) is 0. The van der Waals surface area contributed by atoms with Crippen molar-refractivity contribution in [3.63, 3.8) is 0 Å². The SMILES string of the molecule is CC1CC(NC(=O)c2cc(N3CCCC3=O)cc(C(F)(F)F)c2)CCN1. The Bertz CT molecular complexity index is 705. The summed E-state index contributed by atoms with van der Waals surface area (Å²) < 4.78 is 39.8. The molecule has 0 saturated carbocycles. The van der Waals surface area contributed by atoms with Crippen molar-refractivity contribution < 1.29 is 22.8 Å². The van der Waals surface area contributed by atoms with Gasteiger partial charge in [0.2, 0.25) is 5.91 Å². The summed E-state index contributed by atoms with van der Waals surface area (Å²) in [5.74, 6) is -0.758. The predicted molar refractivity (Wildman–Crippen MR) is 91.0 cm³/mol. The average Bonchev–Trinajstić information content (AvgIpc) is 2.99. The van der Waals surface area contributed by atoms with Crippen LogP contribution in [0.2, 0.25) is 0 Å². The molecule has 2 saturated heterocycles. The van der Waals surface area contributed by atoms with E-state index in [0.29, 0.717) is 19.4 Å². The van der Waals surface area contributed by atoms with Gasteiger partial charge in [0.1, 0.15) is 0 Å². The van der Waals surface area contributed by atoms with Crippen LogP contribution in [-0.2, 0) is 11.0 Å². The van der Waals surface area contributed by atoms with Crippen LogP contribution in [-0.4, -0.2) is 37.0 Å². The Balaban J connectivity index is 1.87. The predicted octanol–water partition coefficient (Wildman–Crippen LogP) is 2.70. The number of anilines is 1. The standard InChI is InChI=1S/C18H22F3N3O2/c1-11-7-14(4-5-22-11)23-17(26)12-8-13(18(19,20)21)10-15(9-12)24-6-2-3-16(24)25/h8-11,14,22H,2-7H2,1H3,(H,23,26). The summed E-state index contributed by atoms with van der Waals surface area (Å²) in [5.41, 5.74) is -0.856. The minimum atomic E-state index is -4.59. The topological polar surface area (TPSA) is 61.4 Å². The Hall–Kier alpha value is -2.09. The van der Waals surface area contributed by atoms with E-state index in [1.165, 1.54) is 11.0 Å². The molecular formula is C18H22F3N3O2. The van der Waals surface area contributed by atoms with E-state index in [2.05, 4.69) is 10.6 Å². The number of nitrogens with one attached hydrogen (secondary N) is 2. The van der Waals surface area contributed by atoms with Gasteiger partial charge < -0.3 is 15.5 Å². The van der Waals surface area contributed by atoms with Gasteiger partial charge in [-0.2, -0.15) is 13.2 Å². The maximum absolute atomic E-state index is 13.3. The molecule has 142 valence electrons. The molecule has 26 heavy (non-hydrogen) atoms. The first kappa shape index (κ1) is 18.7. The molecule has 2 unspecified atom stereocenters. The van der Waals surface area contributed by atoms with Crippen LogP contribution < -0.4 is 15.5 Å². The van der Waals surface area contributed by atoms with Crippen molar-refractivity contribution in [2.75, 3.05) is 18.0 Å². The van der Waals surface area contributed by atoms with Crippen LogP contribution in [0.5, 0.6) is 0 Å². The molecule has 0 bridgehead atoms. The van der Waals surface area contributed by atoms with E-state index in [9.17, 15) is 22.8 Å². The molecule has 2 fully saturated rings. The zero-order valence-electron chi connectivity index (χ0n) is 14.5. The maximum atomic E-state index is 13.3. The number of hydrogen-bond donors (Lipinski definition) is 2. The van der Waals surface area contributed by atoms with Crippen LogP contribution in [0.15, 0.2) is 18.2 Å². The normalized spacial score (nSPS) is 24.0. The summed E-state index contributed by atoms with van der Waals surface area (Å²) in [6.07, 6.45) is -2.22. The minimum absolute atomic E-state index is 0.0688. The van der Waals surface area contributed by atoms with Crippen molar-refractivity contribution in [3.8, 4) is 0 Å². The molecule has 1 aromatic rings. The second-order valence-corrected chi connectivity index (χ2v) is 6.97. The molecule has 0 aliphatic carbocycles. The summed E-state index contributed by atoms with van der Waals surface area (Å²) in [6.45, 7) is 3.12. The molecule has 2 amide bonds. The van der Waals surface area contributed by atoms with E-state index in [-0.39, 0.29) is 29.2 Å². The van der Waals surface area contributed by atoms with Crippen LogP contribution in [0.3, 0.4) is 0 Å². The number of halogens is 3. The molecule has 2 aliphatic heterocycles. The number of piperidine rings is 1. The molecule has 3 rings (SSSR count). The smallest absolute Gasteiger partial charge is 0.349 e. The first-order chi connectivity index (χ1) is 12.2.